The Labute approximate surface area is 202 Å². The number of anilines is 1. The molecule has 1 aromatic heterocycles. The van der Waals surface area contributed by atoms with Gasteiger partial charge in [0.05, 0.1) is 30.7 Å². The molecular weight excluding hydrogens is 505 g/mol. The number of halogens is 2. The summed E-state index contributed by atoms with van der Waals surface area (Å²) in [5.74, 6) is -0.0889. The van der Waals surface area contributed by atoms with Crippen molar-refractivity contribution in [3.63, 3.8) is 0 Å². The Balaban J connectivity index is 1.80. The van der Waals surface area contributed by atoms with Crippen LogP contribution in [0.4, 0.5) is 10.1 Å². The molecule has 1 unspecified atom stereocenters. The summed E-state index contributed by atoms with van der Waals surface area (Å²) in [5.41, 5.74) is 1.03. The van der Waals surface area contributed by atoms with E-state index in [1.54, 1.807) is 36.4 Å². The van der Waals surface area contributed by atoms with Gasteiger partial charge in [-0.05, 0) is 61.0 Å². The molecule has 0 radical (unpaired) electrons. The fraction of sp³-hybridized carbons (Fsp3) is 0.154. The first-order valence-corrected chi connectivity index (χ1v) is 11.4. The van der Waals surface area contributed by atoms with Gasteiger partial charge < -0.3 is 13.9 Å². The second-order valence-electron chi connectivity index (χ2n) is 7.72. The minimum atomic E-state index is -0.815. The van der Waals surface area contributed by atoms with Crippen LogP contribution in [0.5, 0.6) is 11.5 Å². The predicted molar refractivity (Wildman–Crippen MR) is 129 cm³/mol. The van der Waals surface area contributed by atoms with Gasteiger partial charge in [0.15, 0.2) is 16.9 Å². The van der Waals surface area contributed by atoms with Crippen molar-refractivity contribution in [2.24, 2.45) is 0 Å². The molecule has 6 nitrogen and oxygen atoms in total. The van der Waals surface area contributed by atoms with Gasteiger partial charge >= 0.3 is 0 Å². The highest BCUT2D eigenvalue weighted by atomic mass is 79.9. The van der Waals surface area contributed by atoms with Crippen LogP contribution >= 0.6 is 15.9 Å². The first kappa shape index (κ1) is 22.2. The van der Waals surface area contributed by atoms with E-state index >= 15 is 0 Å². The van der Waals surface area contributed by atoms with Gasteiger partial charge in [-0.1, -0.05) is 28.1 Å². The average Bonchev–Trinajstić information content (AvgIpc) is 3.12. The Hall–Kier alpha value is -3.65. The average molecular weight is 524 g/mol. The van der Waals surface area contributed by atoms with E-state index in [1.165, 1.54) is 24.1 Å². The molecule has 1 aliphatic rings. The van der Waals surface area contributed by atoms with Crippen molar-refractivity contribution in [1.29, 1.82) is 0 Å². The lowest BCUT2D eigenvalue weighted by atomic mass is 9.97. The standard InChI is InChI=1S/C26H19BrFNO5/c1-3-33-20-9-7-14(11-21(20)32-2)23-22-24(30)18-13-16(28)8-10-19(18)34-25(22)26(31)29(23)17-6-4-5-15(27)12-17/h4-13,23H,3H2,1-2H3. The second kappa shape index (κ2) is 8.61. The molecule has 0 spiro atoms. The number of rotatable bonds is 5. The molecular formula is C26H19BrFNO5. The maximum atomic E-state index is 14.0. The molecule has 1 amide bonds. The predicted octanol–water partition coefficient (Wildman–Crippen LogP) is 5.85. The highest BCUT2D eigenvalue weighted by Crippen LogP contribution is 2.43. The van der Waals surface area contributed by atoms with E-state index < -0.39 is 23.2 Å². The molecule has 0 bridgehead atoms. The van der Waals surface area contributed by atoms with Gasteiger partial charge in [-0.15, -0.1) is 0 Å². The molecule has 1 aliphatic heterocycles. The summed E-state index contributed by atoms with van der Waals surface area (Å²) in [6.07, 6.45) is 0. The SMILES string of the molecule is CCOc1ccc(C2c3c(oc4ccc(F)cc4c3=O)C(=O)N2c2cccc(Br)c2)cc1OC. The van der Waals surface area contributed by atoms with Crippen LogP contribution in [0.25, 0.3) is 11.0 Å². The third-order valence-corrected chi connectivity index (χ3v) is 6.22. The molecule has 34 heavy (non-hydrogen) atoms. The highest BCUT2D eigenvalue weighted by molar-refractivity contribution is 9.10. The molecule has 0 N–H and O–H groups in total. The zero-order valence-corrected chi connectivity index (χ0v) is 19.9. The number of ether oxygens (including phenoxy) is 2. The van der Waals surface area contributed by atoms with Crippen LogP contribution in [0.3, 0.4) is 0 Å². The van der Waals surface area contributed by atoms with Gasteiger partial charge in [-0.2, -0.15) is 0 Å². The highest BCUT2D eigenvalue weighted by Gasteiger charge is 2.44. The number of nitrogens with zero attached hydrogens (tertiary/aromatic N) is 1. The molecule has 1 atom stereocenters. The monoisotopic (exact) mass is 523 g/mol. The van der Waals surface area contributed by atoms with Gasteiger partial charge in [-0.3, -0.25) is 14.5 Å². The lowest BCUT2D eigenvalue weighted by Crippen LogP contribution is -2.29. The summed E-state index contributed by atoms with van der Waals surface area (Å²) < 4.78 is 31.7. The van der Waals surface area contributed by atoms with Crippen molar-refractivity contribution in [3.8, 4) is 11.5 Å². The van der Waals surface area contributed by atoms with E-state index in [2.05, 4.69) is 15.9 Å². The number of carbonyl (C=O) groups is 1. The molecule has 5 rings (SSSR count). The maximum Gasteiger partial charge on any atom is 0.295 e. The van der Waals surface area contributed by atoms with Crippen molar-refractivity contribution in [2.45, 2.75) is 13.0 Å². The molecule has 2 heterocycles. The first-order chi connectivity index (χ1) is 16.4. The maximum absolute atomic E-state index is 14.0. The van der Waals surface area contributed by atoms with Crippen LogP contribution in [-0.4, -0.2) is 19.6 Å². The first-order valence-electron chi connectivity index (χ1n) is 10.6. The topological polar surface area (TPSA) is 69.0 Å². The minimum absolute atomic E-state index is 0.0677. The second-order valence-corrected chi connectivity index (χ2v) is 8.63. The number of hydrogen-bond acceptors (Lipinski definition) is 5. The van der Waals surface area contributed by atoms with Crippen LogP contribution in [0.2, 0.25) is 0 Å². The Bertz CT molecular complexity index is 1500. The number of methoxy groups -OCH3 is 1. The van der Waals surface area contributed by atoms with Crippen molar-refractivity contribution in [3.05, 3.63) is 98.1 Å². The van der Waals surface area contributed by atoms with Crippen molar-refractivity contribution in [1.82, 2.24) is 0 Å². The van der Waals surface area contributed by atoms with Crippen molar-refractivity contribution < 1.29 is 23.1 Å². The Morgan fingerprint density at radius 2 is 1.88 bits per heavy atom. The Kier molecular flexibility index (Phi) is 5.61. The van der Waals surface area contributed by atoms with E-state index in [0.717, 1.165) is 10.5 Å². The lowest BCUT2D eigenvalue weighted by molar-refractivity contribution is 0.0971. The molecule has 0 aliphatic carbocycles. The molecule has 8 heteroatoms. The van der Waals surface area contributed by atoms with Crippen molar-refractivity contribution in [2.75, 3.05) is 18.6 Å². The van der Waals surface area contributed by atoms with E-state index in [-0.39, 0.29) is 22.3 Å². The van der Waals surface area contributed by atoms with E-state index in [9.17, 15) is 14.0 Å². The smallest absolute Gasteiger partial charge is 0.295 e. The van der Waals surface area contributed by atoms with Crippen LogP contribution < -0.4 is 19.8 Å². The molecule has 3 aromatic carbocycles. The van der Waals surface area contributed by atoms with Crippen LogP contribution in [0, 0.1) is 5.82 Å². The Morgan fingerprint density at radius 1 is 1.06 bits per heavy atom. The largest absolute Gasteiger partial charge is 0.493 e. The number of hydrogen-bond donors (Lipinski definition) is 0. The summed E-state index contributed by atoms with van der Waals surface area (Å²) in [7, 11) is 1.52. The zero-order chi connectivity index (χ0) is 24.0. The van der Waals surface area contributed by atoms with Gasteiger partial charge in [0.25, 0.3) is 5.91 Å². The summed E-state index contributed by atoms with van der Waals surface area (Å²) >= 11 is 3.45. The molecule has 0 fully saturated rings. The fourth-order valence-electron chi connectivity index (χ4n) is 4.28. The zero-order valence-electron chi connectivity index (χ0n) is 18.3. The quantitative estimate of drug-likeness (QED) is 0.328. The Morgan fingerprint density at radius 3 is 2.62 bits per heavy atom. The normalized spacial score (nSPS) is 15.0. The molecule has 172 valence electrons. The number of fused-ring (bicyclic) bond motifs is 2. The van der Waals surface area contributed by atoms with Gasteiger partial charge in [-0.25, -0.2) is 4.39 Å². The number of benzene rings is 3. The lowest BCUT2D eigenvalue weighted by Gasteiger charge is -2.26. The number of amides is 1. The van der Waals surface area contributed by atoms with Crippen molar-refractivity contribution >= 4 is 38.5 Å². The molecule has 4 aromatic rings. The molecule has 0 saturated carbocycles. The van der Waals surface area contributed by atoms with Gasteiger partial charge in [0, 0.05) is 10.2 Å². The van der Waals surface area contributed by atoms with Crippen LogP contribution in [0.15, 0.2) is 74.3 Å². The van der Waals surface area contributed by atoms with E-state index in [4.69, 9.17) is 13.9 Å². The summed E-state index contributed by atoms with van der Waals surface area (Å²) in [4.78, 5) is 28.7. The van der Waals surface area contributed by atoms with Crippen LogP contribution in [0.1, 0.15) is 34.6 Å². The van der Waals surface area contributed by atoms with Gasteiger partial charge in [0.2, 0.25) is 5.76 Å². The van der Waals surface area contributed by atoms with Crippen LogP contribution in [-0.2, 0) is 0 Å². The molecule has 0 saturated heterocycles. The summed E-state index contributed by atoms with van der Waals surface area (Å²) in [6.45, 7) is 2.31. The fourth-order valence-corrected chi connectivity index (χ4v) is 4.67. The van der Waals surface area contributed by atoms with E-state index in [0.29, 0.717) is 29.4 Å². The third-order valence-electron chi connectivity index (χ3n) is 5.72. The summed E-state index contributed by atoms with van der Waals surface area (Å²) in [5, 5.41) is 0.0746. The summed E-state index contributed by atoms with van der Waals surface area (Å²) in [6, 6.07) is 15.3. The minimum Gasteiger partial charge on any atom is -0.493 e. The third kappa shape index (κ3) is 3.54. The van der Waals surface area contributed by atoms with E-state index in [1.807, 2.05) is 13.0 Å². The van der Waals surface area contributed by atoms with Gasteiger partial charge in [0.1, 0.15) is 11.4 Å². The number of carbonyl (C=O) groups excluding carboxylic acids is 1.